The molecular weight excluding hydrogens is 204 g/mol. The summed E-state index contributed by atoms with van der Waals surface area (Å²) in [6.07, 6.45) is 5.55. The van der Waals surface area contributed by atoms with Crippen molar-refractivity contribution in [3.8, 4) is 0 Å². The van der Waals surface area contributed by atoms with E-state index in [2.05, 4.69) is 32.4 Å². The Hall–Kier alpha value is 0.270. The fourth-order valence-corrected chi connectivity index (χ4v) is 1.73. The van der Waals surface area contributed by atoms with E-state index in [1.54, 1.807) is 27.7 Å². The van der Waals surface area contributed by atoms with Crippen LogP contribution in [0.2, 0.25) is 0 Å². The van der Waals surface area contributed by atoms with Gasteiger partial charge in [-0.1, -0.05) is 39.8 Å². The zero-order valence-electron chi connectivity index (χ0n) is 7.24. The summed E-state index contributed by atoms with van der Waals surface area (Å²) < 4.78 is 0. The van der Waals surface area contributed by atoms with Crippen LogP contribution in [0.25, 0.3) is 0 Å². The molecule has 0 bridgehead atoms. The SMILES string of the molecule is C=CCS.C=CCSSCC=C. The Morgan fingerprint density at radius 1 is 0.917 bits per heavy atom. The van der Waals surface area contributed by atoms with Crippen molar-refractivity contribution in [1.29, 1.82) is 0 Å². The van der Waals surface area contributed by atoms with E-state index in [0.717, 1.165) is 17.3 Å². The van der Waals surface area contributed by atoms with Gasteiger partial charge in [0.1, 0.15) is 0 Å². The maximum Gasteiger partial charge on any atom is 0.0215 e. The Morgan fingerprint density at radius 3 is 1.42 bits per heavy atom. The van der Waals surface area contributed by atoms with Gasteiger partial charge in [-0.3, -0.25) is 0 Å². The number of thiol groups is 1. The van der Waals surface area contributed by atoms with Gasteiger partial charge >= 0.3 is 0 Å². The van der Waals surface area contributed by atoms with E-state index >= 15 is 0 Å². The van der Waals surface area contributed by atoms with E-state index in [0.29, 0.717) is 0 Å². The summed E-state index contributed by atoms with van der Waals surface area (Å²) in [6, 6.07) is 0. The van der Waals surface area contributed by atoms with Gasteiger partial charge in [-0.25, -0.2) is 0 Å². The molecule has 0 saturated carbocycles. The molecule has 0 aromatic heterocycles. The van der Waals surface area contributed by atoms with Crippen LogP contribution in [0.3, 0.4) is 0 Å². The Morgan fingerprint density at radius 2 is 1.25 bits per heavy atom. The summed E-state index contributed by atoms with van der Waals surface area (Å²) >= 11 is 3.80. The number of hydrogen-bond acceptors (Lipinski definition) is 3. The van der Waals surface area contributed by atoms with Crippen LogP contribution in [0.15, 0.2) is 38.0 Å². The smallest absolute Gasteiger partial charge is 0.0215 e. The van der Waals surface area contributed by atoms with Gasteiger partial charge in [0, 0.05) is 17.3 Å². The van der Waals surface area contributed by atoms with E-state index in [4.69, 9.17) is 0 Å². The van der Waals surface area contributed by atoms with Crippen molar-refractivity contribution in [3.63, 3.8) is 0 Å². The summed E-state index contributed by atoms with van der Waals surface area (Å²) in [4.78, 5) is 0. The predicted molar refractivity (Wildman–Crippen MR) is 69.4 cm³/mol. The second kappa shape index (κ2) is 17.4. The number of hydrogen-bond donors (Lipinski definition) is 1. The van der Waals surface area contributed by atoms with Gasteiger partial charge in [0.05, 0.1) is 0 Å². The van der Waals surface area contributed by atoms with Crippen LogP contribution in [0.4, 0.5) is 0 Å². The van der Waals surface area contributed by atoms with Gasteiger partial charge in [0.2, 0.25) is 0 Å². The van der Waals surface area contributed by atoms with Crippen molar-refractivity contribution in [3.05, 3.63) is 38.0 Å². The van der Waals surface area contributed by atoms with Gasteiger partial charge < -0.3 is 0 Å². The van der Waals surface area contributed by atoms with Crippen LogP contribution in [-0.2, 0) is 0 Å². The second-order valence-corrected chi connectivity index (χ2v) is 4.54. The van der Waals surface area contributed by atoms with Gasteiger partial charge in [-0.2, -0.15) is 12.6 Å². The average Bonchev–Trinajstić information content (AvgIpc) is 2.13. The first kappa shape index (κ1) is 14.8. The molecule has 0 aliphatic rings. The van der Waals surface area contributed by atoms with E-state index in [1.165, 1.54) is 0 Å². The normalized spacial score (nSPS) is 7.75. The minimum absolute atomic E-state index is 0.778. The highest BCUT2D eigenvalue weighted by Gasteiger charge is 1.79. The van der Waals surface area contributed by atoms with Crippen molar-refractivity contribution < 1.29 is 0 Å². The van der Waals surface area contributed by atoms with Crippen LogP contribution in [0, 0.1) is 0 Å². The van der Waals surface area contributed by atoms with E-state index in [-0.39, 0.29) is 0 Å². The maximum atomic E-state index is 3.80. The topological polar surface area (TPSA) is 0 Å². The molecule has 0 aromatic carbocycles. The predicted octanol–water partition coefficient (Wildman–Crippen LogP) is 3.84. The summed E-state index contributed by atoms with van der Waals surface area (Å²) in [5.74, 6) is 2.83. The largest absolute Gasteiger partial charge is 0.175 e. The molecular formula is C9H16S3. The van der Waals surface area contributed by atoms with Crippen molar-refractivity contribution in [2.75, 3.05) is 17.3 Å². The fourth-order valence-electron chi connectivity index (χ4n) is 0.192. The lowest BCUT2D eigenvalue weighted by atomic mass is 10.8. The van der Waals surface area contributed by atoms with Crippen molar-refractivity contribution >= 4 is 34.2 Å². The highest BCUT2D eigenvalue weighted by molar-refractivity contribution is 8.76. The summed E-state index contributed by atoms with van der Waals surface area (Å²) in [7, 11) is 3.61. The third kappa shape index (κ3) is 22.4. The Labute approximate surface area is 89.4 Å². The summed E-state index contributed by atoms with van der Waals surface area (Å²) in [6.45, 7) is 10.6. The molecule has 0 amide bonds. The molecule has 0 aliphatic heterocycles. The molecule has 0 radical (unpaired) electrons. The van der Waals surface area contributed by atoms with Gasteiger partial charge in [-0.15, -0.1) is 19.7 Å². The highest BCUT2D eigenvalue weighted by atomic mass is 33.1. The average molecular weight is 220 g/mol. The number of rotatable bonds is 6. The summed E-state index contributed by atoms with van der Waals surface area (Å²) in [5.41, 5.74) is 0. The lowest BCUT2D eigenvalue weighted by Crippen LogP contribution is -1.64. The molecule has 0 heterocycles. The molecule has 0 N–H and O–H groups in total. The minimum atomic E-state index is 0.778. The molecule has 0 aromatic rings. The van der Waals surface area contributed by atoms with Crippen molar-refractivity contribution in [2.45, 2.75) is 0 Å². The molecule has 12 heavy (non-hydrogen) atoms. The van der Waals surface area contributed by atoms with Crippen LogP contribution < -0.4 is 0 Å². The molecule has 0 rings (SSSR count). The molecule has 3 heteroatoms. The first-order chi connectivity index (χ1) is 5.83. The third-order valence-corrected chi connectivity index (χ3v) is 3.07. The lowest BCUT2D eigenvalue weighted by molar-refractivity contribution is 1.83. The third-order valence-electron chi connectivity index (χ3n) is 0.584. The Balaban J connectivity index is 0. The van der Waals surface area contributed by atoms with Gasteiger partial charge in [-0.05, 0) is 0 Å². The van der Waals surface area contributed by atoms with Crippen LogP contribution in [0.5, 0.6) is 0 Å². The van der Waals surface area contributed by atoms with Crippen LogP contribution >= 0.6 is 34.2 Å². The molecule has 0 aliphatic carbocycles. The second-order valence-electron chi connectivity index (χ2n) is 1.62. The molecule has 0 spiro atoms. The quantitative estimate of drug-likeness (QED) is 0.312. The molecule has 0 fully saturated rings. The zero-order valence-corrected chi connectivity index (χ0v) is 9.77. The highest BCUT2D eigenvalue weighted by Crippen LogP contribution is 2.20. The van der Waals surface area contributed by atoms with Crippen LogP contribution in [0.1, 0.15) is 0 Å². The lowest BCUT2D eigenvalue weighted by Gasteiger charge is -1.89. The monoisotopic (exact) mass is 220 g/mol. The molecule has 0 saturated heterocycles. The van der Waals surface area contributed by atoms with Crippen molar-refractivity contribution in [2.24, 2.45) is 0 Å². The fraction of sp³-hybridized carbons (Fsp3) is 0.333. The standard InChI is InChI=1S/C6H10S2.C3H6S/c1-3-5-7-8-6-4-2;1-2-3-4/h3-4H,1-2,5-6H2;2,4H,1,3H2. The van der Waals surface area contributed by atoms with Gasteiger partial charge in [0.15, 0.2) is 0 Å². The van der Waals surface area contributed by atoms with E-state index in [1.807, 2.05) is 12.2 Å². The molecule has 70 valence electrons. The van der Waals surface area contributed by atoms with Crippen LogP contribution in [-0.4, -0.2) is 17.3 Å². The first-order valence-corrected chi connectivity index (χ1v) is 6.63. The Kier molecular flexibility index (Phi) is 21.4. The Bertz CT molecular complexity index is 100. The van der Waals surface area contributed by atoms with Crippen molar-refractivity contribution in [1.82, 2.24) is 0 Å². The zero-order chi connectivity index (χ0) is 9.66. The summed E-state index contributed by atoms with van der Waals surface area (Å²) in [5, 5.41) is 0. The first-order valence-electron chi connectivity index (χ1n) is 3.51. The molecule has 0 atom stereocenters. The maximum absolute atomic E-state index is 3.80. The minimum Gasteiger partial charge on any atom is -0.175 e. The van der Waals surface area contributed by atoms with E-state index < -0.39 is 0 Å². The molecule has 0 nitrogen and oxygen atoms in total. The molecule has 0 unspecified atom stereocenters. The van der Waals surface area contributed by atoms with Gasteiger partial charge in [0.25, 0.3) is 0 Å². The van der Waals surface area contributed by atoms with E-state index in [9.17, 15) is 0 Å².